The van der Waals surface area contributed by atoms with Gasteiger partial charge in [-0.05, 0) is 25.7 Å². The van der Waals surface area contributed by atoms with Crippen LogP contribution in [0.2, 0.25) is 0 Å². The lowest BCUT2D eigenvalue weighted by Gasteiger charge is -2.32. The number of alkyl halides is 2. The quantitative estimate of drug-likeness (QED) is 0.278. The molecule has 2 aliphatic heterocycles. The summed E-state index contributed by atoms with van der Waals surface area (Å²) in [5.74, 6) is 0.796. The van der Waals surface area contributed by atoms with Crippen LogP contribution in [-0.4, -0.2) is 69.8 Å². The Labute approximate surface area is 160 Å². The normalized spacial score (nSPS) is 20.5. The predicted molar refractivity (Wildman–Crippen MR) is 104 cm³/mol. The first-order valence-corrected chi connectivity index (χ1v) is 8.40. The lowest BCUT2D eigenvalue weighted by Crippen LogP contribution is -2.49. The third-order valence-electron chi connectivity index (χ3n) is 4.34. The molecule has 0 saturated carbocycles. The Kier molecular flexibility index (Phi) is 10.8. The monoisotopic (exact) mass is 458 g/mol. The van der Waals surface area contributed by atoms with Crippen LogP contribution < -0.4 is 10.6 Å². The SMILES string of the molecule is CN=C(NCCC1=CCOCC1)NC1CCN(CC(F)F)CC1.I. The van der Waals surface area contributed by atoms with Crippen LogP contribution in [0.3, 0.4) is 0 Å². The zero-order chi connectivity index (χ0) is 16.5. The molecule has 1 saturated heterocycles. The average molecular weight is 458 g/mol. The fourth-order valence-electron chi connectivity index (χ4n) is 2.98. The summed E-state index contributed by atoms with van der Waals surface area (Å²) >= 11 is 0. The molecule has 5 nitrogen and oxygen atoms in total. The molecule has 2 N–H and O–H groups in total. The molecule has 2 aliphatic rings. The zero-order valence-electron chi connectivity index (χ0n) is 14.3. The second-order valence-corrected chi connectivity index (χ2v) is 6.05. The molecular formula is C16H29F2IN4O. The first kappa shape index (κ1) is 21.6. The first-order valence-electron chi connectivity index (χ1n) is 8.40. The van der Waals surface area contributed by atoms with Crippen molar-refractivity contribution in [3.05, 3.63) is 11.6 Å². The highest BCUT2D eigenvalue weighted by molar-refractivity contribution is 14.0. The number of aliphatic imine (C=N–C) groups is 1. The van der Waals surface area contributed by atoms with Gasteiger partial charge in [0.05, 0.1) is 19.8 Å². The fraction of sp³-hybridized carbons (Fsp3) is 0.812. The highest BCUT2D eigenvalue weighted by atomic mass is 127. The van der Waals surface area contributed by atoms with Gasteiger partial charge in [0.25, 0.3) is 6.43 Å². The van der Waals surface area contributed by atoms with Crippen LogP contribution >= 0.6 is 24.0 Å². The van der Waals surface area contributed by atoms with E-state index < -0.39 is 6.43 Å². The molecule has 24 heavy (non-hydrogen) atoms. The van der Waals surface area contributed by atoms with Crippen LogP contribution in [0.4, 0.5) is 8.78 Å². The largest absolute Gasteiger partial charge is 0.377 e. The number of guanidine groups is 1. The molecule has 140 valence electrons. The third kappa shape index (κ3) is 8.06. The molecule has 0 aliphatic carbocycles. The van der Waals surface area contributed by atoms with E-state index >= 15 is 0 Å². The van der Waals surface area contributed by atoms with Crippen LogP contribution in [0.25, 0.3) is 0 Å². The molecule has 8 heteroatoms. The molecule has 0 aromatic carbocycles. The smallest absolute Gasteiger partial charge is 0.251 e. The van der Waals surface area contributed by atoms with Crippen molar-refractivity contribution in [1.29, 1.82) is 0 Å². The molecule has 2 heterocycles. The molecule has 0 aromatic rings. The zero-order valence-corrected chi connectivity index (χ0v) is 16.6. The molecule has 0 atom stereocenters. The molecule has 0 unspecified atom stereocenters. The Hall–Kier alpha value is -0.480. The van der Waals surface area contributed by atoms with E-state index in [1.807, 2.05) is 4.90 Å². The van der Waals surface area contributed by atoms with E-state index in [0.29, 0.717) is 19.1 Å². The second-order valence-electron chi connectivity index (χ2n) is 6.05. The van der Waals surface area contributed by atoms with E-state index in [4.69, 9.17) is 4.74 Å². The van der Waals surface area contributed by atoms with Gasteiger partial charge in [-0.15, -0.1) is 24.0 Å². The van der Waals surface area contributed by atoms with Gasteiger partial charge < -0.3 is 15.4 Å². The van der Waals surface area contributed by atoms with E-state index in [-0.39, 0.29) is 30.5 Å². The van der Waals surface area contributed by atoms with Crippen molar-refractivity contribution < 1.29 is 13.5 Å². The molecule has 0 bridgehead atoms. The average Bonchev–Trinajstić information content (AvgIpc) is 2.56. The minimum Gasteiger partial charge on any atom is -0.377 e. The summed E-state index contributed by atoms with van der Waals surface area (Å²) in [6, 6.07) is 0.303. The van der Waals surface area contributed by atoms with Gasteiger partial charge in [-0.25, -0.2) is 8.78 Å². The maximum Gasteiger partial charge on any atom is 0.251 e. The number of rotatable bonds is 6. The Balaban J connectivity index is 0.00000288. The number of nitrogens with zero attached hydrogens (tertiary/aromatic N) is 2. The van der Waals surface area contributed by atoms with Crippen LogP contribution in [0.1, 0.15) is 25.7 Å². The van der Waals surface area contributed by atoms with Gasteiger partial charge >= 0.3 is 0 Å². The highest BCUT2D eigenvalue weighted by Crippen LogP contribution is 2.12. The molecule has 0 spiro atoms. The van der Waals surface area contributed by atoms with E-state index in [1.165, 1.54) is 5.57 Å². The topological polar surface area (TPSA) is 48.9 Å². The Morgan fingerprint density at radius 2 is 2.17 bits per heavy atom. The van der Waals surface area contributed by atoms with Crippen molar-refractivity contribution in [2.45, 2.75) is 38.2 Å². The number of halogens is 3. The Bertz CT molecular complexity index is 413. The Morgan fingerprint density at radius 1 is 1.42 bits per heavy atom. The number of nitrogens with one attached hydrogen (secondary N) is 2. The van der Waals surface area contributed by atoms with Gasteiger partial charge in [0, 0.05) is 32.7 Å². The minimum absolute atomic E-state index is 0. The number of hydrogen-bond acceptors (Lipinski definition) is 3. The Morgan fingerprint density at radius 3 is 2.75 bits per heavy atom. The molecular weight excluding hydrogens is 429 g/mol. The molecule has 2 rings (SSSR count). The molecule has 0 radical (unpaired) electrons. The maximum absolute atomic E-state index is 12.4. The van der Waals surface area contributed by atoms with Gasteiger partial charge in [0.2, 0.25) is 0 Å². The lowest BCUT2D eigenvalue weighted by atomic mass is 10.1. The van der Waals surface area contributed by atoms with Crippen LogP contribution in [0.5, 0.6) is 0 Å². The third-order valence-corrected chi connectivity index (χ3v) is 4.34. The van der Waals surface area contributed by atoms with Crippen LogP contribution in [-0.2, 0) is 4.74 Å². The summed E-state index contributed by atoms with van der Waals surface area (Å²) in [5.41, 5.74) is 1.43. The number of piperidine rings is 1. The van der Waals surface area contributed by atoms with E-state index in [9.17, 15) is 8.78 Å². The summed E-state index contributed by atoms with van der Waals surface area (Å²) in [6.07, 6.45) is 3.66. The van der Waals surface area contributed by atoms with Crippen LogP contribution in [0, 0.1) is 0 Å². The maximum atomic E-state index is 12.4. The summed E-state index contributed by atoms with van der Waals surface area (Å²) in [6.45, 7) is 3.70. The van der Waals surface area contributed by atoms with Gasteiger partial charge in [0.15, 0.2) is 5.96 Å². The van der Waals surface area contributed by atoms with Gasteiger partial charge in [-0.2, -0.15) is 0 Å². The lowest BCUT2D eigenvalue weighted by molar-refractivity contribution is 0.0744. The predicted octanol–water partition coefficient (Wildman–Crippen LogP) is 2.24. The van der Waals surface area contributed by atoms with E-state index in [0.717, 1.165) is 51.4 Å². The van der Waals surface area contributed by atoms with E-state index in [2.05, 4.69) is 21.7 Å². The summed E-state index contributed by atoms with van der Waals surface area (Å²) in [4.78, 5) is 6.08. The second kappa shape index (κ2) is 12.0. The summed E-state index contributed by atoms with van der Waals surface area (Å²) in [7, 11) is 1.76. The minimum atomic E-state index is -2.24. The van der Waals surface area contributed by atoms with Crippen molar-refractivity contribution in [3.8, 4) is 0 Å². The highest BCUT2D eigenvalue weighted by Gasteiger charge is 2.21. The number of ether oxygens (including phenoxy) is 1. The number of hydrogen-bond donors (Lipinski definition) is 2. The van der Waals surface area contributed by atoms with Crippen LogP contribution in [0.15, 0.2) is 16.6 Å². The first-order chi connectivity index (χ1) is 11.2. The van der Waals surface area contributed by atoms with E-state index in [1.54, 1.807) is 7.05 Å². The van der Waals surface area contributed by atoms with Crippen molar-refractivity contribution in [3.63, 3.8) is 0 Å². The van der Waals surface area contributed by atoms with Crippen molar-refractivity contribution in [2.75, 3.05) is 46.4 Å². The van der Waals surface area contributed by atoms with Gasteiger partial charge in [0.1, 0.15) is 0 Å². The molecule has 0 amide bonds. The van der Waals surface area contributed by atoms with Crippen molar-refractivity contribution in [1.82, 2.24) is 15.5 Å². The van der Waals surface area contributed by atoms with Crippen molar-refractivity contribution in [2.24, 2.45) is 4.99 Å². The summed E-state index contributed by atoms with van der Waals surface area (Å²) < 4.78 is 30.0. The van der Waals surface area contributed by atoms with Gasteiger partial charge in [-0.3, -0.25) is 9.89 Å². The van der Waals surface area contributed by atoms with Crippen molar-refractivity contribution >= 4 is 29.9 Å². The molecule has 1 fully saturated rings. The molecule has 0 aromatic heterocycles. The summed E-state index contributed by atoms with van der Waals surface area (Å²) in [5, 5.41) is 6.73. The number of likely N-dealkylation sites (tertiary alicyclic amines) is 1. The van der Waals surface area contributed by atoms with Gasteiger partial charge in [-0.1, -0.05) is 11.6 Å². The fourth-order valence-corrected chi connectivity index (χ4v) is 2.98. The standard InChI is InChI=1S/C16H28F2N4O.HI/c1-19-16(20-7-2-13-5-10-23-11-6-13)21-14-3-8-22(9-4-14)12-15(17)18;/h5,14-15H,2-4,6-12H2,1H3,(H2,19,20,21);1H.